The molecule has 0 bridgehead atoms. The van der Waals surface area contributed by atoms with Gasteiger partial charge in [-0.2, -0.15) is 0 Å². The Labute approximate surface area is 130 Å². The molecule has 1 fully saturated rings. The van der Waals surface area contributed by atoms with Crippen LogP contribution in [0.25, 0.3) is 10.8 Å². The minimum Gasteiger partial charge on any atom is -0.387 e. The molecule has 0 saturated carbocycles. The fraction of sp³-hybridized carbons (Fsp3) is 0.389. The molecule has 3 rings (SSSR count). The Morgan fingerprint density at radius 3 is 2.82 bits per heavy atom. The van der Waals surface area contributed by atoms with E-state index in [-0.39, 0.29) is 12.5 Å². The van der Waals surface area contributed by atoms with Gasteiger partial charge in [0.05, 0.1) is 11.6 Å². The van der Waals surface area contributed by atoms with E-state index in [0.717, 1.165) is 35.7 Å². The predicted molar refractivity (Wildman–Crippen MR) is 87.6 cm³/mol. The molecule has 1 saturated heterocycles. The third-order valence-corrected chi connectivity index (χ3v) is 4.48. The summed E-state index contributed by atoms with van der Waals surface area (Å²) in [6.45, 7) is 3.02. The van der Waals surface area contributed by atoms with Crippen LogP contribution in [-0.4, -0.2) is 29.6 Å². The van der Waals surface area contributed by atoms with Crippen molar-refractivity contribution in [2.45, 2.75) is 31.4 Å². The second-order valence-electron chi connectivity index (χ2n) is 6.19. The highest BCUT2D eigenvalue weighted by molar-refractivity contribution is 5.86. The highest BCUT2D eigenvalue weighted by Crippen LogP contribution is 2.21. The maximum Gasteiger partial charge on any atom is 0.240 e. The predicted octanol–water partition coefficient (Wildman–Crippen LogP) is 2.13. The van der Waals surface area contributed by atoms with E-state index in [4.69, 9.17) is 0 Å². The van der Waals surface area contributed by atoms with Gasteiger partial charge in [0.25, 0.3) is 0 Å². The lowest BCUT2D eigenvalue weighted by Gasteiger charge is -2.24. The molecule has 4 heteroatoms. The van der Waals surface area contributed by atoms with Crippen LogP contribution >= 0.6 is 0 Å². The Hall–Kier alpha value is -1.91. The molecule has 2 aromatic rings. The maximum atomic E-state index is 12.2. The van der Waals surface area contributed by atoms with Crippen LogP contribution in [0, 0.1) is 0 Å². The number of benzene rings is 2. The van der Waals surface area contributed by atoms with Gasteiger partial charge in [-0.15, -0.1) is 0 Å². The van der Waals surface area contributed by atoms with Crippen molar-refractivity contribution >= 4 is 16.7 Å². The van der Waals surface area contributed by atoms with Gasteiger partial charge in [-0.1, -0.05) is 36.4 Å². The minimum atomic E-state index is -0.696. The lowest BCUT2D eigenvalue weighted by molar-refractivity contribution is -0.127. The zero-order chi connectivity index (χ0) is 15.6. The molecule has 0 spiro atoms. The average molecular weight is 298 g/mol. The summed E-state index contributed by atoms with van der Waals surface area (Å²) in [5.74, 6) is -0.0372. The van der Waals surface area contributed by atoms with E-state index in [1.54, 1.807) is 0 Å². The van der Waals surface area contributed by atoms with Crippen molar-refractivity contribution in [3.63, 3.8) is 0 Å². The van der Waals surface area contributed by atoms with E-state index >= 15 is 0 Å². The zero-order valence-corrected chi connectivity index (χ0v) is 12.8. The van der Waals surface area contributed by atoms with Gasteiger partial charge in [-0.3, -0.25) is 4.79 Å². The van der Waals surface area contributed by atoms with E-state index in [0.29, 0.717) is 0 Å². The fourth-order valence-corrected chi connectivity index (χ4v) is 3.01. The largest absolute Gasteiger partial charge is 0.387 e. The average Bonchev–Trinajstić information content (AvgIpc) is 2.99. The van der Waals surface area contributed by atoms with Gasteiger partial charge in [0, 0.05) is 6.54 Å². The highest BCUT2D eigenvalue weighted by Gasteiger charge is 2.35. The van der Waals surface area contributed by atoms with Gasteiger partial charge in [0.1, 0.15) is 0 Å². The first-order valence-corrected chi connectivity index (χ1v) is 7.79. The first-order valence-electron chi connectivity index (χ1n) is 7.79. The first kappa shape index (κ1) is 15.0. The minimum absolute atomic E-state index is 0.0372. The van der Waals surface area contributed by atoms with Crippen LogP contribution in [0.5, 0.6) is 0 Å². The van der Waals surface area contributed by atoms with Gasteiger partial charge >= 0.3 is 0 Å². The lowest BCUT2D eigenvalue weighted by atomic mass is 9.99. The zero-order valence-electron chi connectivity index (χ0n) is 12.8. The van der Waals surface area contributed by atoms with Crippen molar-refractivity contribution in [2.75, 3.05) is 13.1 Å². The summed E-state index contributed by atoms with van der Waals surface area (Å²) in [6, 6.07) is 13.9. The number of carbonyl (C=O) groups is 1. The first-order chi connectivity index (χ1) is 10.6. The van der Waals surface area contributed by atoms with Crippen LogP contribution in [0.15, 0.2) is 42.5 Å². The molecule has 0 radical (unpaired) electrons. The molecule has 0 aromatic heterocycles. The molecule has 1 amide bonds. The van der Waals surface area contributed by atoms with Crippen LogP contribution in [0.2, 0.25) is 0 Å². The van der Waals surface area contributed by atoms with Crippen molar-refractivity contribution in [3.05, 3.63) is 48.0 Å². The Morgan fingerprint density at radius 1 is 1.32 bits per heavy atom. The van der Waals surface area contributed by atoms with Crippen molar-refractivity contribution in [1.29, 1.82) is 0 Å². The summed E-state index contributed by atoms with van der Waals surface area (Å²) in [7, 11) is 0. The molecule has 2 aromatic carbocycles. The number of rotatable bonds is 4. The van der Waals surface area contributed by atoms with Crippen LogP contribution in [0.4, 0.5) is 0 Å². The van der Waals surface area contributed by atoms with E-state index in [9.17, 15) is 9.90 Å². The number of aliphatic hydroxyl groups excluding tert-OH is 1. The van der Waals surface area contributed by atoms with E-state index in [1.807, 2.05) is 49.4 Å². The molecule has 1 heterocycles. The third kappa shape index (κ3) is 2.98. The summed E-state index contributed by atoms with van der Waals surface area (Å²) < 4.78 is 0. The van der Waals surface area contributed by atoms with Crippen LogP contribution < -0.4 is 10.6 Å². The number of hydrogen-bond acceptors (Lipinski definition) is 3. The van der Waals surface area contributed by atoms with Gasteiger partial charge in [-0.25, -0.2) is 0 Å². The number of aliphatic hydroxyl groups is 1. The van der Waals surface area contributed by atoms with Crippen LogP contribution in [0.1, 0.15) is 31.4 Å². The van der Waals surface area contributed by atoms with E-state index < -0.39 is 11.6 Å². The molecule has 22 heavy (non-hydrogen) atoms. The van der Waals surface area contributed by atoms with Gasteiger partial charge < -0.3 is 15.7 Å². The second kappa shape index (κ2) is 6.07. The van der Waals surface area contributed by atoms with Crippen molar-refractivity contribution in [2.24, 2.45) is 0 Å². The van der Waals surface area contributed by atoms with Crippen LogP contribution in [-0.2, 0) is 4.79 Å². The molecule has 2 unspecified atom stereocenters. The normalized spacial score (nSPS) is 22.6. The van der Waals surface area contributed by atoms with Crippen molar-refractivity contribution < 1.29 is 9.90 Å². The Kier molecular flexibility index (Phi) is 4.14. The molecule has 116 valence electrons. The van der Waals surface area contributed by atoms with Gasteiger partial charge in [-0.05, 0) is 48.7 Å². The van der Waals surface area contributed by atoms with Crippen LogP contribution in [0.3, 0.4) is 0 Å². The standard InChI is InChI=1S/C18H22N2O2/c1-18(9-4-10-20-18)17(22)19-12-16(21)15-8-7-13-5-2-3-6-14(13)11-15/h2-3,5-8,11,16,20-21H,4,9-10,12H2,1H3,(H,19,22). The highest BCUT2D eigenvalue weighted by atomic mass is 16.3. The molecular weight excluding hydrogens is 276 g/mol. The van der Waals surface area contributed by atoms with Crippen molar-refractivity contribution in [3.8, 4) is 0 Å². The molecule has 0 aliphatic carbocycles. The number of carbonyl (C=O) groups excluding carboxylic acids is 1. The Bertz CT molecular complexity index is 678. The SMILES string of the molecule is CC1(C(=O)NCC(O)c2ccc3ccccc3c2)CCCN1. The Morgan fingerprint density at radius 2 is 2.09 bits per heavy atom. The summed E-state index contributed by atoms with van der Waals surface area (Å²) in [5, 5.41) is 18.6. The quantitative estimate of drug-likeness (QED) is 0.810. The van der Waals surface area contributed by atoms with E-state index in [2.05, 4.69) is 10.6 Å². The summed E-state index contributed by atoms with van der Waals surface area (Å²) in [6.07, 6.45) is 1.15. The third-order valence-electron chi connectivity index (χ3n) is 4.48. The maximum absolute atomic E-state index is 12.2. The topological polar surface area (TPSA) is 61.4 Å². The molecule has 2 atom stereocenters. The molecular formula is C18H22N2O2. The summed E-state index contributed by atoms with van der Waals surface area (Å²) in [5.41, 5.74) is 0.326. The molecule has 1 aliphatic heterocycles. The fourth-order valence-electron chi connectivity index (χ4n) is 3.01. The van der Waals surface area contributed by atoms with Crippen molar-refractivity contribution in [1.82, 2.24) is 10.6 Å². The van der Waals surface area contributed by atoms with E-state index in [1.165, 1.54) is 0 Å². The number of fused-ring (bicyclic) bond motifs is 1. The Balaban J connectivity index is 1.65. The molecule has 1 aliphatic rings. The number of nitrogens with one attached hydrogen (secondary N) is 2. The smallest absolute Gasteiger partial charge is 0.240 e. The molecule has 4 nitrogen and oxygen atoms in total. The number of hydrogen-bond donors (Lipinski definition) is 3. The lowest BCUT2D eigenvalue weighted by Crippen LogP contribution is -2.51. The second-order valence-corrected chi connectivity index (χ2v) is 6.19. The summed E-state index contributed by atoms with van der Waals surface area (Å²) >= 11 is 0. The van der Waals surface area contributed by atoms with Gasteiger partial charge in [0.2, 0.25) is 5.91 Å². The number of amides is 1. The van der Waals surface area contributed by atoms with Gasteiger partial charge in [0.15, 0.2) is 0 Å². The molecule has 3 N–H and O–H groups in total. The summed E-state index contributed by atoms with van der Waals surface area (Å²) in [4.78, 5) is 12.2. The monoisotopic (exact) mass is 298 g/mol.